The lowest BCUT2D eigenvalue weighted by Gasteiger charge is -2.32. The summed E-state index contributed by atoms with van der Waals surface area (Å²) in [5.41, 5.74) is 2.25. The van der Waals surface area contributed by atoms with Gasteiger partial charge in [0.15, 0.2) is 9.84 Å². The number of piperazine rings is 1. The van der Waals surface area contributed by atoms with Gasteiger partial charge in [-0.25, -0.2) is 8.42 Å². The van der Waals surface area contributed by atoms with Crippen LogP contribution >= 0.6 is 0 Å². The van der Waals surface area contributed by atoms with E-state index in [2.05, 4.69) is 4.98 Å². The molecule has 1 aliphatic rings. The first-order valence-corrected chi connectivity index (χ1v) is 10.9. The fourth-order valence-electron chi connectivity index (χ4n) is 3.28. The zero-order chi connectivity index (χ0) is 19.3. The number of hydrogen-bond acceptors (Lipinski definition) is 4. The second kappa shape index (κ2) is 8.63. The van der Waals surface area contributed by atoms with Gasteiger partial charge in [-0.1, -0.05) is 17.7 Å². The average Bonchev–Trinajstić information content (AvgIpc) is 2.68. The molecule has 0 radical (unpaired) electrons. The molecule has 1 fully saturated rings. The quantitative estimate of drug-likeness (QED) is 0.781. The first-order chi connectivity index (χ1) is 12.9. The maximum Gasteiger partial charge on any atom is 0.224 e. The number of rotatable bonds is 6. The van der Waals surface area contributed by atoms with Crippen molar-refractivity contribution in [3.05, 3.63) is 59.9 Å². The van der Waals surface area contributed by atoms with E-state index in [1.807, 2.05) is 19.1 Å². The third-order valence-electron chi connectivity index (χ3n) is 4.99. The molecule has 0 aliphatic carbocycles. The number of quaternary nitrogens is 1. The Morgan fingerprint density at radius 2 is 1.70 bits per heavy atom. The van der Waals surface area contributed by atoms with E-state index in [1.54, 1.807) is 41.6 Å². The van der Waals surface area contributed by atoms with Gasteiger partial charge in [0.2, 0.25) is 5.91 Å². The summed E-state index contributed by atoms with van der Waals surface area (Å²) in [6.45, 7) is 5.92. The van der Waals surface area contributed by atoms with Gasteiger partial charge >= 0.3 is 0 Å². The molecule has 0 bridgehead atoms. The van der Waals surface area contributed by atoms with Crippen LogP contribution in [0.3, 0.4) is 0 Å². The summed E-state index contributed by atoms with van der Waals surface area (Å²) >= 11 is 0. The van der Waals surface area contributed by atoms with Crippen LogP contribution < -0.4 is 4.90 Å². The molecule has 0 spiro atoms. The minimum Gasteiger partial charge on any atom is -0.331 e. The number of amides is 1. The van der Waals surface area contributed by atoms with E-state index in [1.165, 1.54) is 10.5 Å². The monoisotopic (exact) mass is 388 g/mol. The maximum absolute atomic E-state index is 12.4. The van der Waals surface area contributed by atoms with Crippen molar-refractivity contribution in [2.75, 3.05) is 31.9 Å². The number of nitrogens with zero attached hydrogens (tertiary/aromatic N) is 2. The van der Waals surface area contributed by atoms with E-state index >= 15 is 0 Å². The molecule has 2 heterocycles. The van der Waals surface area contributed by atoms with Gasteiger partial charge in [-0.05, 0) is 31.2 Å². The van der Waals surface area contributed by atoms with Crippen molar-refractivity contribution < 1.29 is 18.1 Å². The summed E-state index contributed by atoms with van der Waals surface area (Å²) in [4.78, 5) is 20.0. The van der Waals surface area contributed by atoms with Crippen molar-refractivity contribution >= 4 is 15.7 Å². The van der Waals surface area contributed by atoms with Crippen LogP contribution in [0, 0.1) is 6.92 Å². The van der Waals surface area contributed by atoms with Gasteiger partial charge in [0.05, 0.1) is 36.8 Å². The van der Waals surface area contributed by atoms with Gasteiger partial charge in [-0.2, -0.15) is 0 Å². The first kappa shape index (κ1) is 19.5. The predicted molar refractivity (Wildman–Crippen MR) is 103 cm³/mol. The van der Waals surface area contributed by atoms with Gasteiger partial charge in [0, 0.05) is 24.4 Å². The molecule has 1 saturated heterocycles. The molecule has 0 unspecified atom stereocenters. The van der Waals surface area contributed by atoms with Gasteiger partial charge in [-0.3, -0.25) is 9.78 Å². The van der Waals surface area contributed by atoms with Crippen LogP contribution in [-0.2, 0) is 21.2 Å². The van der Waals surface area contributed by atoms with Crippen LogP contribution in [0.5, 0.6) is 0 Å². The molecule has 1 N–H and O–H groups in total. The zero-order valence-electron chi connectivity index (χ0n) is 15.6. The first-order valence-electron chi connectivity index (χ1n) is 9.24. The number of nitrogens with one attached hydrogen (secondary N) is 1. The maximum atomic E-state index is 12.4. The second-order valence-corrected chi connectivity index (χ2v) is 9.15. The van der Waals surface area contributed by atoms with Crippen molar-refractivity contribution in [3.8, 4) is 0 Å². The van der Waals surface area contributed by atoms with E-state index in [-0.39, 0.29) is 23.0 Å². The minimum absolute atomic E-state index is 0.0376. The van der Waals surface area contributed by atoms with E-state index in [0.29, 0.717) is 13.1 Å². The Hall–Kier alpha value is -2.25. The molecule has 1 aromatic carbocycles. The Morgan fingerprint density at radius 1 is 1.07 bits per heavy atom. The van der Waals surface area contributed by atoms with Crippen molar-refractivity contribution in [3.63, 3.8) is 0 Å². The van der Waals surface area contributed by atoms with Crippen molar-refractivity contribution in [1.29, 1.82) is 0 Å². The van der Waals surface area contributed by atoms with Gasteiger partial charge in [-0.15, -0.1) is 0 Å². The summed E-state index contributed by atoms with van der Waals surface area (Å²) in [7, 11) is -3.42. The molecule has 1 aromatic heterocycles. The lowest BCUT2D eigenvalue weighted by Crippen LogP contribution is -3.13. The number of aryl methyl sites for hydroxylation is 1. The van der Waals surface area contributed by atoms with E-state index in [9.17, 15) is 13.2 Å². The SMILES string of the molecule is Cc1ccc(S(=O)(=O)CCC(=O)N2CC[NH+](Cc3ccncc3)CC2)cc1. The van der Waals surface area contributed by atoms with Crippen LogP contribution in [0.25, 0.3) is 0 Å². The van der Waals surface area contributed by atoms with Crippen molar-refractivity contribution in [2.24, 2.45) is 0 Å². The number of benzene rings is 1. The number of pyridine rings is 1. The Balaban J connectivity index is 1.47. The fraction of sp³-hybridized carbons (Fsp3) is 0.400. The topological polar surface area (TPSA) is 71.8 Å². The Labute approximate surface area is 160 Å². The number of aromatic nitrogens is 1. The Bertz CT molecular complexity index is 859. The lowest BCUT2D eigenvalue weighted by atomic mass is 10.2. The van der Waals surface area contributed by atoms with E-state index < -0.39 is 9.84 Å². The normalized spacial score (nSPS) is 15.7. The molecule has 1 amide bonds. The lowest BCUT2D eigenvalue weighted by molar-refractivity contribution is -0.917. The summed E-state index contributed by atoms with van der Waals surface area (Å²) in [5.74, 6) is -0.215. The molecule has 3 rings (SSSR count). The smallest absolute Gasteiger partial charge is 0.224 e. The minimum atomic E-state index is -3.42. The summed E-state index contributed by atoms with van der Waals surface area (Å²) in [6, 6.07) is 10.8. The molecule has 2 aromatic rings. The van der Waals surface area contributed by atoms with Crippen molar-refractivity contribution in [2.45, 2.75) is 24.8 Å². The molecule has 0 saturated carbocycles. The highest BCUT2D eigenvalue weighted by molar-refractivity contribution is 7.91. The van der Waals surface area contributed by atoms with Crippen LogP contribution in [0.2, 0.25) is 0 Å². The molecular weight excluding hydrogens is 362 g/mol. The average molecular weight is 389 g/mol. The number of carbonyl (C=O) groups excluding carboxylic acids is 1. The summed E-state index contributed by atoms with van der Waals surface area (Å²) in [6.07, 6.45) is 3.63. The molecule has 0 atom stereocenters. The highest BCUT2D eigenvalue weighted by atomic mass is 32.2. The Morgan fingerprint density at radius 3 is 2.33 bits per heavy atom. The molecule has 27 heavy (non-hydrogen) atoms. The van der Waals surface area contributed by atoms with Crippen LogP contribution in [-0.4, -0.2) is 56.1 Å². The highest BCUT2D eigenvalue weighted by Gasteiger charge is 2.25. The predicted octanol–water partition coefficient (Wildman–Crippen LogP) is 0.481. The largest absolute Gasteiger partial charge is 0.331 e. The van der Waals surface area contributed by atoms with Crippen LogP contribution in [0.4, 0.5) is 0 Å². The highest BCUT2D eigenvalue weighted by Crippen LogP contribution is 2.13. The summed E-state index contributed by atoms with van der Waals surface area (Å²) < 4.78 is 24.8. The summed E-state index contributed by atoms with van der Waals surface area (Å²) in [5, 5.41) is 0. The van der Waals surface area contributed by atoms with Gasteiger partial charge < -0.3 is 9.80 Å². The molecule has 144 valence electrons. The molecule has 7 heteroatoms. The second-order valence-electron chi connectivity index (χ2n) is 7.04. The van der Waals surface area contributed by atoms with E-state index in [0.717, 1.165) is 25.2 Å². The molecular formula is C20H26N3O3S+. The zero-order valence-corrected chi connectivity index (χ0v) is 16.4. The molecule has 1 aliphatic heterocycles. The standard InChI is InChI=1S/C20H25N3O3S/c1-17-2-4-19(5-3-17)27(25,26)15-8-20(24)23-13-11-22(12-14-23)16-18-6-9-21-10-7-18/h2-7,9-10H,8,11-16H2,1H3/p+1. The van der Waals surface area contributed by atoms with Gasteiger partial charge in [0.1, 0.15) is 6.54 Å². The van der Waals surface area contributed by atoms with Crippen LogP contribution in [0.1, 0.15) is 17.5 Å². The third-order valence-corrected chi connectivity index (χ3v) is 6.72. The Kier molecular flexibility index (Phi) is 6.23. The number of hydrogen-bond donors (Lipinski definition) is 1. The molecule has 6 nitrogen and oxygen atoms in total. The number of sulfone groups is 1. The van der Waals surface area contributed by atoms with Gasteiger partial charge in [0.25, 0.3) is 0 Å². The van der Waals surface area contributed by atoms with Crippen LogP contribution in [0.15, 0.2) is 53.7 Å². The van der Waals surface area contributed by atoms with E-state index in [4.69, 9.17) is 0 Å². The third kappa shape index (κ3) is 5.37. The number of carbonyl (C=O) groups is 1. The van der Waals surface area contributed by atoms with Crippen molar-refractivity contribution in [1.82, 2.24) is 9.88 Å². The fourth-order valence-corrected chi connectivity index (χ4v) is 4.51.